The summed E-state index contributed by atoms with van der Waals surface area (Å²) in [6, 6.07) is 0. The second-order valence-corrected chi connectivity index (χ2v) is 3.95. The Morgan fingerprint density at radius 1 is 1.88 bits per heavy atom. The molecule has 0 N–H and O–H groups in total. The third kappa shape index (κ3) is 1.38. The monoisotopic (exact) mass is 148 g/mol. The van der Waals surface area contributed by atoms with Gasteiger partial charge in [0.2, 0.25) is 0 Å². The molecule has 1 heterocycles. The number of cyclic esters (lactones) is 1. The zero-order valence-electron chi connectivity index (χ0n) is 4.39. The molecule has 8 heavy (non-hydrogen) atoms. The van der Waals surface area contributed by atoms with E-state index in [0.717, 1.165) is 6.42 Å². The molecular formula is C4H6AlClO2. The van der Waals surface area contributed by atoms with Crippen LogP contribution < -0.4 is 0 Å². The lowest BCUT2D eigenvalue weighted by Crippen LogP contribution is -2.10. The quantitative estimate of drug-likeness (QED) is 0.393. The van der Waals surface area contributed by atoms with Crippen molar-refractivity contribution in [3.05, 3.63) is 0 Å². The Morgan fingerprint density at radius 3 is 2.88 bits per heavy atom. The van der Waals surface area contributed by atoms with Gasteiger partial charge in [0.25, 0.3) is 0 Å². The lowest BCUT2D eigenvalue weighted by atomic mass is 10.4. The van der Waals surface area contributed by atoms with E-state index in [1.165, 1.54) is 0 Å². The molecule has 1 saturated heterocycles. The van der Waals surface area contributed by atoms with Gasteiger partial charge in [0.1, 0.15) is 0 Å². The Bertz CT molecular complexity index is 106. The molecule has 44 valence electrons. The second-order valence-electron chi connectivity index (χ2n) is 1.80. The maximum absolute atomic E-state index is 10.4. The molecule has 2 nitrogen and oxygen atoms in total. The van der Waals surface area contributed by atoms with E-state index in [9.17, 15) is 4.79 Å². The van der Waals surface area contributed by atoms with Gasteiger partial charge in [-0.05, 0) is 6.42 Å². The van der Waals surface area contributed by atoms with Crippen molar-refractivity contribution in [2.45, 2.75) is 17.8 Å². The van der Waals surface area contributed by atoms with E-state index >= 15 is 0 Å². The van der Waals surface area contributed by atoms with E-state index in [4.69, 9.17) is 14.8 Å². The van der Waals surface area contributed by atoms with E-state index < -0.39 is 14.3 Å². The largest absolute Gasteiger partial charge is 0.477 e. The van der Waals surface area contributed by atoms with Gasteiger partial charge in [0.05, 0.1) is 4.97 Å². The molecule has 1 unspecified atom stereocenters. The minimum absolute atomic E-state index is 0.0804. The number of hydrogen-bond acceptors (Lipinski definition) is 2. The van der Waals surface area contributed by atoms with Gasteiger partial charge in [-0.3, -0.25) is 14.8 Å². The summed E-state index contributed by atoms with van der Waals surface area (Å²) in [5, 5.41) is 0. The van der Waals surface area contributed by atoms with Crippen LogP contribution in [0, 0.1) is 0 Å². The first-order valence-electron chi connectivity index (χ1n) is 2.58. The summed E-state index contributed by atoms with van der Waals surface area (Å²) in [4.78, 5) is 10.5. The SMILES string of the molecule is O=C1CC[CH]([AlH][Cl])O1. The minimum atomic E-state index is -0.612. The Kier molecular flexibility index (Phi) is 2.19. The summed E-state index contributed by atoms with van der Waals surface area (Å²) in [7, 11) is 5.53. The van der Waals surface area contributed by atoms with Crippen LogP contribution in [0.5, 0.6) is 0 Å². The smallest absolute Gasteiger partial charge is 0.431 e. The summed E-state index contributed by atoms with van der Waals surface area (Å²) >= 11 is -0.612. The molecule has 0 aromatic heterocycles. The van der Waals surface area contributed by atoms with Crippen LogP contribution in [0.1, 0.15) is 12.8 Å². The van der Waals surface area contributed by atoms with Crippen LogP contribution in [0.25, 0.3) is 0 Å². The molecule has 0 bridgehead atoms. The van der Waals surface area contributed by atoms with Crippen LogP contribution in [0.15, 0.2) is 0 Å². The van der Waals surface area contributed by atoms with Gasteiger partial charge in [-0.25, -0.2) is 0 Å². The predicted molar refractivity (Wildman–Crippen MR) is 32.1 cm³/mol. The summed E-state index contributed by atoms with van der Waals surface area (Å²) in [6.07, 6.45) is 1.43. The molecule has 0 aromatic carbocycles. The Balaban J connectivity index is 2.32. The molecule has 0 radical (unpaired) electrons. The third-order valence-corrected chi connectivity index (χ3v) is 3.09. The van der Waals surface area contributed by atoms with Crippen molar-refractivity contribution in [3.63, 3.8) is 0 Å². The molecule has 4 heteroatoms. The van der Waals surface area contributed by atoms with Crippen molar-refractivity contribution in [2.24, 2.45) is 0 Å². The van der Waals surface area contributed by atoms with Gasteiger partial charge in [-0.15, -0.1) is 0 Å². The van der Waals surface area contributed by atoms with Crippen LogP contribution in [-0.2, 0) is 9.53 Å². The van der Waals surface area contributed by atoms with E-state index in [0.29, 0.717) is 6.42 Å². The number of halogens is 1. The molecule has 1 aliphatic rings. The number of carbonyl (C=O) groups excluding carboxylic acids is 1. The van der Waals surface area contributed by atoms with Crippen LogP contribution in [0.4, 0.5) is 0 Å². The number of rotatable bonds is 1. The summed E-state index contributed by atoms with van der Waals surface area (Å²) < 4.78 is 4.80. The van der Waals surface area contributed by atoms with Crippen LogP contribution in [0.2, 0.25) is 0 Å². The lowest BCUT2D eigenvalue weighted by molar-refractivity contribution is -0.139. The highest BCUT2D eigenvalue weighted by Gasteiger charge is 2.23. The summed E-state index contributed by atoms with van der Waals surface area (Å²) in [5.74, 6) is -0.0804. The van der Waals surface area contributed by atoms with Gasteiger partial charge < -0.3 is 4.74 Å². The summed E-state index contributed by atoms with van der Waals surface area (Å²) in [5.41, 5.74) is 0. The standard InChI is InChI=1S/C4H5O2.Al.ClH.H/c5-4-2-1-3-6-4;;;/h3H,1-2H2;;1H;/q;+1;;/p-1. The Hall–Kier alpha value is 0.292. The zero-order valence-corrected chi connectivity index (χ0v) is 6.56. The first-order chi connectivity index (χ1) is 3.83. The van der Waals surface area contributed by atoms with Crippen LogP contribution in [-0.4, -0.2) is 25.2 Å². The van der Waals surface area contributed by atoms with E-state index in [1.807, 2.05) is 0 Å². The first kappa shape index (κ1) is 6.41. The molecule has 0 aliphatic carbocycles. The van der Waals surface area contributed by atoms with Crippen molar-refractivity contribution in [1.29, 1.82) is 0 Å². The van der Waals surface area contributed by atoms with Gasteiger partial charge in [-0.1, -0.05) is 0 Å². The highest BCUT2D eigenvalue weighted by molar-refractivity contribution is 6.94. The molecule has 1 fully saturated rings. The zero-order chi connectivity index (χ0) is 5.98. The Labute approximate surface area is 58.1 Å². The van der Waals surface area contributed by atoms with Crippen molar-refractivity contribution in [2.75, 3.05) is 0 Å². The first-order valence-corrected chi connectivity index (χ1v) is 5.54. The third-order valence-electron chi connectivity index (χ3n) is 1.14. The fourth-order valence-electron chi connectivity index (χ4n) is 0.691. The number of esters is 1. The Morgan fingerprint density at radius 2 is 2.62 bits per heavy atom. The molecule has 1 aliphatic heterocycles. The van der Waals surface area contributed by atoms with E-state index in [-0.39, 0.29) is 10.9 Å². The fraction of sp³-hybridized carbons (Fsp3) is 0.750. The predicted octanol–water partition coefficient (Wildman–Crippen LogP) is 0.240. The minimum Gasteiger partial charge on any atom is -0.477 e. The van der Waals surface area contributed by atoms with E-state index in [1.54, 1.807) is 0 Å². The van der Waals surface area contributed by atoms with Gasteiger partial charge >= 0.3 is 20.3 Å². The fourth-order valence-corrected chi connectivity index (χ4v) is 1.95. The van der Waals surface area contributed by atoms with Gasteiger partial charge in [0, 0.05) is 6.42 Å². The molecule has 0 spiro atoms. The number of hydrogen-bond donors (Lipinski definition) is 0. The second kappa shape index (κ2) is 2.73. The molecule has 1 atom stereocenters. The van der Waals surface area contributed by atoms with Crippen molar-refractivity contribution >= 4 is 30.3 Å². The summed E-state index contributed by atoms with van der Waals surface area (Å²) in [6.45, 7) is 0. The molecule has 0 aromatic rings. The van der Waals surface area contributed by atoms with Crippen LogP contribution in [0.3, 0.4) is 0 Å². The average molecular weight is 149 g/mol. The molecular weight excluding hydrogens is 142 g/mol. The number of carbonyl (C=O) groups is 1. The van der Waals surface area contributed by atoms with Crippen LogP contribution >= 0.6 is 10.0 Å². The topological polar surface area (TPSA) is 26.3 Å². The van der Waals surface area contributed by atoms with Crippen molar-refractivity contribution in [1.82, 2.24) is 0 Å². The van der Waals surface area contributed by atoms with Crippen molar-refractivity contribution < 1.29 is 9.53 Å². The van der Waals surface area contributed by atoms with E-state index in [2.05, 4.69) is 0 Å². The normalized spacial score (nSPS) is 27.6. The molecule has 0 saturated carbocycles. The number of ether oxygens (including phenoxy) is 1. The highest BCUT2D eigenvalue weighted by atomic mass is 35.6. The molecule has 1 rings (SSSR count). The maximum Gasteiger partial charge on any atom is 0.431 e. The van der Waals surface area contributed by atoms with Gasteiger partial charge in [0.15, 0.2) is 0 Å². The van der Waals surface area contributed by atoms with Gasteiger partial charge in [-0.2, -0.15) is 0 Å². The average Bonchev–Trinajstić information content (AvgIpc) is 2.14. The maximum atomic E-state index is 10.4. The molecule has 0 amide bonds. The lowest BCUT2D eigenvalue weighted by Gasteiger charge is -1.98. The van der Waals surface area contributed by atoms with Crippen molar-refractivity contribution in [3.8, 4) is 0 Å². The highest BCUT2D eigenvalue weighted by Crippen LogP contribution is 2.12.